The van der Waals surface area contributed by atoms with Crippen LogP contribution in [0.1, 0.15) is 60.9 Å². The van der Waals surface area contributed by atoms with E-state index in [-0.39, 0.29) is 16.9 Å². The Bertz CT molecular complexity index is 1410. The zero-order valence-corrected chi connectivity index (χ0v) is 22.7. The fraction of sp³-hybridized carbons (Fsp3) is 0.393. The molecule has 8 nitrogen and oxygen atoms in total. The number of nitrogens with one attached hydrogen (secondary N) is 1. The van der Waals surface area contributed by atoms with Crippen LogP contribution in [0.4, 0.5) is 5.13 Å². The van der Waals surface area contributed by atoms with Gasteiger partial charge in [0.1, 0.15) is 5.75 Å². The minimum absolute atomic E-state index is 0.0542. The monoisotopic (exact) mass is 554 g/mol. The lowest BCUT2D eigenvalue weighted by molar-refractivity contribution is -0.118. The van der Waals surface area contributed by atoms with Gasteiger partial charge in [-0.2, -0.15) is 0 Å². The lowest BCUT2D eigenvalue weighted by Crippen LogP contribution is -2.26. The Balaban J connectivity index is 1.31. The number of carbonyl (C=O) groups is 2. The van der Waals surface area contributed by atoms with Crippen LogP contribution in [0, 0.1) is 5.92 Å². The SMILES string of the molecule is CC(=O)c1cccc(Oc2cnc(NC(=O)[C@H](CC3CCOCC3)c3ccc(S(=O)(=O)C4CC4)cc3)s2)c1. The first-order chi connectivity index (χ1) is 18.3. The van der Waals surface area contributed by atoms with E-state index in [0.717, 1.165) is 18.4 Å². The van der Waals surface area contributed by atoms with E-state index in [4.69, 9.17) is 9.47 Å². The van der Waals surface area contributed by atoms with E-state index >= 15 is 0 Å². The number of benzene rings is 2. The van der Waals surface area contributed by atoms with E-state index in [1.165, 1.54) is 24.5 Å². The summed E-state index contributed by atoms with van der Waals surface area (Å²) in [5.41, 5.74) is 1.32. The summed E-state index contributed by atoms with van der Waals surface area (Å²) in [7, 11) is -3.29. The molecule has 2 heterocycles. The molecule has 1 saturated carbocycles. The summed E-state index contributed by atoms with van der Waals surface area (Å²) in [5, 5.41) is 3.53. The van der Waals surface area contributed by atoms with Crippen LogP contribution in [-0.2, 0) is 19.4 Å². The smallest absolute Gasteiger partial charge is 0.233 e. The van der Waals surface area contributed by atoms with Crippen molar-refractivity contribution in [1.82, 2.24) is 4.98 Å². The van der Waals surface area contributed by atoms with Crippen molar-refractivity contribution in [1.29, 1.82) is 0 Å². The minimum atomic E-state index is -3.29. The van der Waals surface area contributed by atoms with Crippen molar-refractivity contribution in [2.45, 2.75) is 55.1 Å². The van der Waals surface area contributed by atoms with Crippen molar-refractivity contribution in [3.63, 3.8) is 0 Å². The van der Waals surface area contributed by atoms with E-state index < -0.39 is 15.8 Å². The van der Waals surface area contributed by atoms with Crippen molar-refractivity contribution in [3.8, 4) is 10.8 Å². The van der Waals surface area contributed by atoms with Crippen molar-refractivity contribution in [2.75, 3.05) is 18.5 Å². The number of Topliss-reactive ketones (excluding diaryl/α,β-unsaturated/α-hetero) is 1. The molecule has 1 amide bonds. The number of thiazole rings is 1. The molecule has 0 unspecified atom stereocenters. The standard InChI is InChI=1S/C28H30N2O6S2/c1-18(31)21-3-2-4-22(16-21)36-26-17-29-28(37-26)30-27(32)25(15-19-11-13-35-14-12-19)20-5-7-23(8-6-20)38(33,34)24-9-10-24/h2-8,16-17,19,24-25H,9-15H2,1H3,(H,29,30,32)/t25-/m1/s1. The van der Waals surface area contributed by atoms with Crippen molar-refractivity contribution < 1.29 is 27.5 Å². The quantitative estimate of drug-likeness (QED) is 0.324. The Kier molecular flexibility index (Phi) is 7.92. The molecule has 5 rings (SSSR count). The molecule has 2 fully saturated rings. The summed E-state index contributed by atoms with van der Waals surface area (Å²) in [6.45, 7) is 2.85. The Hall–Kier alpha value is -3.08. The minimum Gasteiger partial charge on any atom is -0.445 e. The second-order valence-corrected chi connectivity index (χ2v) is 13.0. The molecule has 1 atom stereocenters. The highest BCUT2D eigenvalue weighted by molar-refractivity contribution is 7.92. The van der Waals surface area contributed by atoms with Gasteiger partial charge >= 0.3 is 0 Å². The van der Waals surface area contributed by atoms with Gasteiger partial charge in [-0.3, -0.25) is 9.59 Å². The van der Waals surface area contributed by atoms with Gasteiger partial charge in [-0.15, -0.1) is 0 Å². The summed E-state index contributed by atoms with van der Waals surface area (Å²) in [4.78, 5) is 29.8. The second kappa shape index (κ2) is 11.3. The lowest BCUT2D eigenvalue weighted by atomic mass is 9.84. The number of hydrogen-bond donors (Lipinski definition) is 1. The molecule has 1 N–H and O–H groups in total. The van der Waals surface area contributed by atoms with Crippen LogP contribution in [0.5, 0.6) is 10.8 Å². The number of aromatic nitrogens is 1. The Labute approximate surface area is 226 Å². The first-order valence-corrected chi connectivity index (χ1v) is 15.1. The topological polar surface area (TPSA) is 112 Å². The highest BCUT2D eigenvalue weighted by Crippen LogP contribution is 2.36. The highest BCUT2D eigenvalue weighted by Gasteiger charge is 2.37. The Morgan fingerprint density at radius 2 is 1.84 bits per heavy atom. The zero-order chi connectivity index (χ0) is 26.7. The third-order valence-electron chi connectivity index (χ3n) is 6.97. The molecule has 2 aromatic carbocycles. The Morgan fingerprint density at radius 3 is 2.53 bits per heavy atom. The van der Waals surface area contributed by atoms with Gasteiger partial charge in [-0.05, 0) is 74.8 Å². The highest BCUT2D eigenvalue weighted by atomic mass is 32.2. The summed E-state index contributed by atoms with van der Waals surface area (Å²) in [6.07, 6.45) is 5.35. The molecule has 1 saturated heterocycles. The summed E-state index contributed by atoms with van der Waals surface area (Å²) >= 11 is 1.20. The molecular weight excluding hydrogens is 524 g/mol. The zero-order valence-electron chi connectivity index (χ0n) is 21.1. The van der Waals surface area contributed by atoms with Crippen LogP contribution in [-0.4, -0.2) is 43.6 Å². The predicted octanol–water partition coefficient (Wildman–Crippen LogP) is 5.61. The van der Waals surface area contributed by atoms with Crippen molar-refractivity contribution >= 4 is 38.0 Å². The fourth-order valence-corrected chi connectivity index (χ4v) is 6.97. The molecule has 10 heteroatoms. The average Bonchev–Trinajstić information content (AvgIpc) is 3.70. The van der Waals surface area contributed by atoms with Gasteiger partial charge in [0.25, 0.3) is 0 Å². The number of ketones is 1. The van der Waals surface area contributed by atoms with E-state index in [0.29, 0.717) is 64.8 Å². The molecule has 3 aromatic rings. The molecule has 0 radical (unpaired) electrons. The molecule has 2 aliphatic rings. The van der Waals surface area contributed by atoms with Gasteiger partial charge in [-0.25, -0.2) is 13.4 Å². The predicted molar refractivity (Wildman–Crippen MR) is 145 cm³/mol. The molecule has 1 aliphatic carbocycles. The molecule has 200 valence electrons. The Morgan fingerprint density at radius 1 is 1.11 bits per heavy atom. The summed E-state index contributed by atoms with van der Waals surface area (Å²) in [6, 6.07) is 13.7. The van der Waals surface area contributed by atoms with Gasteiger partial charge in [-0.1, -0.05) is 35.6 Å². The van der Waals surface area contributed by atoms with E-state index in [9.17, 15) is 18.0 Å². The van der Waals surface area contributed by atoms with Gasteiger partial charge in [0, 0.05) is 18.8 Å². The summed E-state index contributed by atoms with van der Waals surface area (Å²) in [5.74, 6) is 0.127. The van der Waals surface area contributed by atoms with Crippen LogP contribution >= 0.6 is 11.3 Å². The van der Waals surface area contributed by atoms with Gasteiger partial charge < -0.3 is 14.8 Å². The molecule has 1 aliphatic heterocycles. The van der Waals surface area contributed by atoms with Gasteiger partial charge in [0.05, 0.1) is 22.3 Å². The third-order valence-corrected chi connectivity index (χ3v) is 10.0. The summed E-state index contributed by atoms with van der Waals surface area (Å²) < 4.78 is 36.6. The molecule has 38 heavy (non-hydrogen) atoms. The first kappa shape index (κ1) is 26.5. The number of hydrogen-bond acceptors (Lipinski definition) is 8. The van der Waals surface area contributed by atoms with Crippen LogP contribution in [0.25, 0.3) is 0 Å². The van der Waals surface area contributed by atoms with Crippen molar-refractivity contribution in [3.05, 3.63) is 65.9 Å². The molecular formula is C28H30N2O6S2. The fourth-order valence-electron chi connectivity index (χ4n) is 4.62. The largest absolute Gasteiger partial charge is 0.445 e. The van der Waals surface area contributed by atoms with Crippen LogP contribution < -0.4 is 10.1 Å². The van der Waals surface area contributed by atoms with Gasteiger partial charge in [0.15, 0.2) is 20.8 Å². The van der Waals surface area contributed by atoms with Gasteiger partial charge in [0.2, 0.25) is 11.0 Å². The maximum atomic E-state index is 13.5. The number of rotatable bonds is 10. The van der Waals surface area contributed by atoms with Crippen LogP contribution in [0.3, 0.4) is 0 Å². The van der Waals surface area contributed by atoms with E-state index in [1.54, 1.807) is 48.5 Å². The normalized spacial score (nSPS) is 17.1. The first-order valence-electron chi connectivity index (χ1n) is 12.8. The maximum Gasteiger partial charge on any atom is 0.233 e. The number of ether oxygens (including phenoxy) is 2. The lowest BCUT2D eigenvalue weighted by Gasteiger charge is -2.26. The maximum absolute atomic E-state index is 13.5. The average molecular weight is 555 g/mol. The van der Waals surface area contributed by atoms with Crippen molar-refractivity contribution in [2.24, 2.45) is 5.92 Å². The van der Waals surface area contributed by atoms with E-state index in [2.05, 4.69) is 10.3 Å². The van der Waals surface area contributed by atoms with Crippen LogP contribution in [0.15, 0.2) is 59.6 Å². The number of nitrogens with zero attached hydrogens (tertiary/aromatic N) is 1. The second-order valence-electron chi connectivity index (χ2n) is 9.82. The molecule has 1 aromatic heterocycles. The number of carbonyl (C=O) groups excluding carboxylic acids is 2. The number of sulfone groups is 1. The molecule has 0 bridgehead atoms. The number of anilines is 1. The third kappa shape index (κ3) is 6.31. The number of amides is 1. The van der Waals surface area contributed by atoms with E-state index in [1.807, 2.05) is 0 Å². The molecule has 0 spiro atoms. The van der Waals surface area contributed by atoms with Crippen LogP contribution in [0.2, 0.25) is 0 Å².